The van der Waals surface area contributed by atoms with E-state index in [2.05, 4.69) is 20.1 Å². The van der Waals surface area contributed by atoms with Gasteiger partial charge in [-0.1, -0.05) is 13.8 Å². The Kier molecular flexibility index (Phi) is 8.22. The van der Waals surface area contributed by atoms with Crippen LogP contribution in [0.2, 0.25) is 0 Å². The molecule has 2 heterocycles. The lowest BCUT2D eigenvalue weighted by molar-refractivity contribution is -0.118. The number of hydrogen-bond acceptors (Lipinski definition) is 7. The lowest BCUT2D eigenvalue weighted by Gasteiger charge is -2.18. The molecular weight excluding hydrogens is 483 g/mol. The van der Waals surface area contributed by atoms with E-state index in [1.54, 1.807) is 17.8 Å². The average Bonchev–Trinajstić information content (AvgIpc) is 3.25. The van der Waals surface area contributed by atoms with E-state index < -0.39 is 21.7 Å². The van der Waals surface area contributed by atoms with Crippen molar-refractivity contribution < 1.29 is 17.6 Å². The van der Waals surface area contributed by atoms with Gasteiger partial charge in [0, 0.05) is 24.8 Å². The molecule has 1 amide bonds. The topological polar surface area (TPSA) is 130 Å². The molecule has 0 spiro atoms. The standard InChI is InChI=1S/C25H29FN6O3S/c1-15(2)21-9-18(26)10-22(17-6-7-29-19(8-17)13-27)23(21)12-24(33)31-36(34,35)25-11-20(14-28-5)32(30-25)16(3)4/h6-11,15-16,28H,12,14H2,1-5H3,(H,31,33). The summed E-state index contributed by atoms with van der Waals surface area (Å²) in [5.74, 6) is -1.44. The van der Waals surface area contributed by atoms with Gasteiger partial charge in [-0.15, -0.1) is 0 Å². The number of hydrogen-bond donors (Lipinski definition) is 2. The molecule has 0 atom stereocenters. The second-order valence-corrected chi connectivity index (χ2v) is 10.6. The molecule has 9 nitrogen and oxygen atoms in total. The van der Waals surface area contributed by atoms with E-state index in [-0.39, 0.29) is 29.1 Å². The molecule has 0 aliphatic heterocycles. The smallest absolute Gasteiger partial charge is 0.283 e. The normalized spacial score (nSPS) is 11.6. The summed E-state index contributed by atoms with van der Waals surface area (Å²) in [6, 6.07) is 9.01. The molecule has 11 heteroatoms. The van der Waals surface area contributed by atoms with Crippen LogP contribution in [0.4, 0.5) is 4.39 Å². The molecule has 36 heavy (non-hydrogen) atoms. The number of carbonyl (C=O) groups excluding carboxylic acids is 1. The fourth-order valence-electron chi connectivity index (χ4n) is 3.99. The van der Waals surface area contributed by atoms with Gasteiger partial charge in [0.25, 0.3) is 10.0 Å². The van der Waals surface area contributed by atoms with E-state index in [1.807, 2.05) is 33.8 Å². The van der Waals surface area contributed by atoms with E-state index in [9.17, 15) is 22.9 Å². The van der Waals surface area contributed by atoms with Crippen LogP contribution in [-0.2, 0) is 27.8 Å². The minimum absolute atomic E-state index is 0.0814. The zero-order valence-electron chi connectivity index (χ0n) is 20.8. The Morgan fingerprint density at radius 3 is 2.53 bits per heavy atom. The van der Waals surface area contributed by atoms with Crippen LogP contribution < -0.4 is 10.0 Å². The number of sulfonamides is 1. The number of benzene rings is 1. The first-order valence-corrected chi connectivity index (χ1v) is 12.9. The summed E-state index contributed by atoms with van der Waals surface area (Å²) in [6.07, 6.45) is 1.11. The minimum atomic E-state index is -4.25. The fraction of sp³-hybridized carbons (Fsp3) is 0.360. The summed E-state index contributed by atoms with van der Waals surface area (Å²) in [7, 11) is -2.51. The van der Waals surface area contributed by atoms with Gasteiger partial charge in [0.2, 0.25) is 5.91 Å². The molecule has 2 aromatic heterocycles. The molecule has 3 aromatic rings. The van der Waals surface area contributed by atoms with E-state index in [1.165, 1.54) is 30.5 Å². The number of nitrogens with one attached hydrogen (secondary N) is 2. The number of rotatable bonds is 9. The van der Waals surface area contributed by atoms with Crippen LogP contribution in [-0.4, -0.2) is 36.1 Å². The highest BCUT2D eigenvalue weighted by Gasteiger charge is 2.25. The Morgan fingerprint density at radius 1 is 1.19 bits per heavy atom. The Hall–Kier alpha value is -3.62. The van der Waals surface area contributed by atoms with Crippen molar-refractivity contribution in [3.8, 4) is 17.2 Å². The summed E-state index contributed by atoms with van der Waals surface area (Å²) < 4.78 is 44.2. The summed E-state index contributed by atoms with van der Waals surface area (Å²) in [5, 5.41) is 16.1. The Labute approximate surface area is 210 Å². The SMILES string of the molecule is CNCc1cc(S(=O)(=O)NC(=O)Cc2c(-c3ccnc(C#N)c3)cc(F)cc2C(C)C)nn1C(C)C. The number of nitrogens with zero attached hydrogens (tertiary/aromatic N) is 4. The summed E-state index contributed by atoms with van der Waals surface area (Å²) in [6.45, 7) is 7.86. The van der Waals surface area contributed by atoms with Crippen LogP contribution in [0.5, 0.6) is 0 Å². The summed E-state index contributed by atoms with van der Waals surface area (Å²) in [4.78, 5) is 17.0. The third-order valence-corrected chi connectivity index (χ3v) is 6.80. The predicted molar refractivity (Wildman–Crippen MR) is 133 cm³/mol. The molecule has 0 saturated heterocycles. The third kappa shape index (κ3) is 5.95. The molecule has 0 radical (unpaired) electrons. The Bertz CT molecular complexity index is 1420. The number of aromatic nitrogens is 3. The lowest BCUT2D eigenvalue weighted by Crippen LogP contribution is -2.32. The molecule has 1 aromatic carbocycles. The predicted octanol–water partition coefficient (Wildman–Crippen LogP) is 3.43. The van der Waals surface area contributed by atoms with Crippen LogP contribution in [0.15, 0.2) is 41.6 Å². The van der Waals surface area contributed by atoms with Crippen molar-refractivity contribution in [3.05, 3.63) is 64.9 Å². The number of nitriles is 1. The highest BCUT2D eigenvalue weighted by atomic mass is 32.2. The highest BCUT2D eigenvalue weighted by Crippen LogP contribution is 2.32. The molecule has 2 N–H and O–H groups in total. The van der Waals surface area contributed by atoms with Crippen LogP contribution in [0, 0.1) is 17.1 Å². The third-order valence-electron chi connectivity index (χ3n) is 5.56. The van der Waals surface area contributed by atoms with Gasteiger partial charge in [0.15, 0.2) is 5.03 Å². The molecule has 0 unspecified atom stereocenters. The van der Waals surface area contributed by atoms with Crippen molar-refractivity contribution >= 4 is 15.9 Å². The van der Waals surface area contributed by atoms with E-state index >= 15 is 0 Å². The molecular formula is C25H29FN6O3S. The number of amides is 1. The van der Waals surface area contributed by atoms with Gasteiger partial charge in [-0.05, 0) is 73.3 Å². The molecule has 190 valence electrons. The zero-order valence-corrected chi connectivity index (χ0v) is 21.6. The maximum absolute atomic E-state index is 14.5. The van der Waals surface area contributed by atoms with Gasteiger partial charge in [-0.3, -0.25) is 9.48 Å². The maximum Gasteiger partial charge on any atom is 0.283 e. The lowest BCUT2D eigenvalue weighted by atomic mass is 9.88. The van der Waals surface area contributed by atoms with Crippen molar-refractivity contribution in [1.29, 1.82) is 5.26 Å². The van der Waals surface area contributed by atoms with Gasteiger partial charge in [0.1, 0.15) is 17.6 Å². The van der Waals surface area contributed by atoms with Gasteiger partial charge in [0.05, 0.1) is 12.1 Å². The summed E-state index contributed by atoms with van der Waals surface area (Å²) >= 11 is 0. The highest BCUT2D eigenvalue weighted by molar-refractivity contribution is 7.90. The van der Waals surface area contributed by atoms with Crippen LogP contribution in [0.1, 0.15) is 62.2 Å². The largest absolute Gasteiger partial charge is 0.314 e. The van der Waals surface area contributed by atoms with Crippen molar-refractivity contribution in [3.63, 3.8) is 0 Å². The number of carbonyl (C=O) groups is 1. The Balaban J connectivity index is 1.99. The number of pyridine rings is 1. The van der Waals surface area contributed by atoms with Gasteiger partial charge >= 0.3 is 0 Å². The maximum atomic E-state index is 14.5. The van der Waals surface area contributed by atoms with Gasteiger partial charge in [-0.2, -0.15) is 18.8 Å². The summed E-state index contributed by atoms with van der Waals surface area (Å²) in [5.41, 5.74) is 2.73. The van der Waals surface area contributed by atoms with Crippen molar-refractivity contribution in [2.45, 2.75) is 57.6 Å². The van der Waals surface area contributed by atoms with Gasteiger partial charge in [-0.25, -0.2) is 14.1 Å². The second kappa shape index (κ2) is 11.0. The fourth-order valence-corrected chi connectivity index (χ4v) is 4.95. The molecule has 0 aliphatic rings. The molecule has 0 fully saturated rings. The minimum Gasteiger partial charge on any atom is -0.314 e. The van der Waals surface area contributed by atoms with Crippen LogP contribution >= 0.6 is 0 Å². The van der Waals surface area contributed by atoms with Crippen LogP contribution in [0.25, 0.3) is 11.1 Å². The number of halogens is 1. The van der Waals surface area contributed by atoms with Crippen molar-refractivity contribution in [2.24, 2.45) is 0 Å². The van der Waals surface area contributed by atoms with E-state index in [4.69, 9.17) is 0 Å². The molecule has 0 saturated carbocycles. The second-order valence-electron chi connectivity index (χ2n) is 8.97. The van der Waals surface area contributed by atoms with Crippen LogP contribution in [0.3, 0.4) is 0 Å². The van der Waals surface area contributed by atoms with E-state index in [0.29, 0.717) is 34.5 Å². The van der Waals surface area contributed by atoms with Crippen molar-refractivity contribution in [1.82, 2.24) is 24.8 Å². The molecule has 0 aliphatic carbocycles. The Morgan fingerprint density at radius 2 is 1.92 bits per heavy atom. The van der Waals surface area contributed by atoms with E-state index in [0.717, 1.165) is 0 Å². The first-order valence-electron chi connectivity index (χ1n) is 11.4. The monoisotopic (exact) mass is 512 g/mol. The average molecular weight is 513 g/mol. The van der Waals surface area contributed by atoms with Gasteiger partial charge < -0.3 is 5.32 Å². The molecule has 3 rings (SSSR count). The first-order chi connectivity index (χ1) is 17.0. The quantitative estimate of drug-likeness (QED) is 0.449. The molecule has 0 bridgehead atoms. The first kappa shape index (κ1) is 27.0. The van der Waals surface area contributed by atoms with Crippen molar-refractivity contribution in [2.75, 3.05) is 7.05 Å². The zero-order chi connectivity index (χ0) is 26.6.